The molecule has 0 radical (unpaired) electrons. The third-order valence-electron chi connectivity index (χ3n) is 1.56. The predicted molar refractivity (Wildman–Crippen MR) is 46.7 cm³/mol. The van der Waals surface area contributed by atoms with Crippen molar-refractivity contribution in [1.82, 2.24) is 19.6 Å². The monoisotopic (exact) mass is 212 g/mol. The third kappa shape index (κ3) is 1.16. The summed E-state index contributed by atoms with van der Waals surface area (Å²) in [7, 11) is 0. The van der Waals surface area contributed by atoms with Crippen molar-refractivity contribution in [2.45, 2.75) is 5.16 Å². The largest absolute Gasteiger partial charge is 0.493 e. The van der Waals surface area contributed by atoms with Gasteiger partial charge in [0.05, 0.1) is 6.20 Å². The molecule has 0 unspecified atom stereocenters. The van der Waals surface area contributed by atoms with Crippen LogP contribution in [-0.4, -0.2) is 35.8 Å². The highest BCUT2D eigenvalue weighted by Gasteiger charge is 2.15. The first kappa shape index (κ1) is 8.75. The van der Waals surface area contributed by atoms with E-state index >= 15 is 0 Å². The van der Waals surface area contributed by atoms with Crippen molar-refractivity contribution in [3.05, 3.63) is 11.8 Å². The molecule has 14 heavy (non-hydrogen) atoms. The van der Waals surface area contributed by atoms with Gasteiger partial charge in [0.25, 0.3) is 5.78 Å². The molecule has 7 nitrogen and oxygen atoms in total. The Morgan fingerprint density at radius 3 is 2.93 bits per heavy atom. The minimum atomic E-state index is -1.28. The van der Waals surface area contributed by atoms with Gasteiger partial charge in [0, 0.05) is 0 Å². The molecule has 0 saturated carbocycles. The van der Waals surface area contributed by atoms with Gasteiger partial charge < -0.3 is 10.2 Å². The van der Waals surface area contributed by atoms with E-state index in [-0.39, 0.29) is 16.5 Å². The van der Waals surface area contributed by atoms with Crippen molar-refractivity contribution in [2.75, 3.05) is 0 Å². The van der Waals surface area contributed by atoms with Crippen LogP contribution >= 0.6 is 12.6 Å². The van der Waals surface area contributed by atoms with Crippen LogP contribution in [0.2, 0.25) is 0 Å². The molecule has 0 bridgehead atoms. The number of aromatic carboxylic acids is 1. The number of hydrogen-bond acceptors (Lipinski definition) is 6. The Bertz CT molecular complexity index is 523. The van der Waals surface area contributed by atoms with Crippen molar-refractivity contribution in [3.8, 4) is 5.88 Å². The Labute approximate surface area is 82.4 Å². The van der Waals surface area contributed by atoms with Gasteiger partial charge in [-0.2, -0.15) is 9.50 Å². The van der Waals surface area contributed by atoms with Gasteiger partial charge in [0.1, 0.15) is 5.56 Å². The normalized spacial score (nSPS) is 10.6. The maximum absolute atomic E-state index is 10.6. The second-order valence-corrected chi connectivity index (χ2v) is 2.82. The zero-order valence-electron chi connectivity index (χ0n) is 6.62. The highest BCUT2D eigenvalue weighted by atomic mass is 32.1. The van der Waals surface area contributed by atoms with Gasteiger partial charge in [0.15, 0.2) is 0 Å². The molecule has 2 rings (SSSR count). The van der Waals surface area contributed by atoms with Gasteiger partial charge in [-0.05, 0) is 0 Å². The zero-order chi connectivity index (χ0) is 10.3. The molecule has 0 aromatic carbocycles. The van der Waals surface area contributed by atoms with Crippen LogP contribution < -0.4 is 0 Å². The maximum Gasteiger partial charge on any atom is 0.342 e. The molecule has 0 amide bonds. The van der Waals surface area contributed by atoms with Crippen molar-refractivity contribution >= 4 is 24.4 Å². The fraction of sp³-hybridized carbons (Fsp3) is 0. The second kappa shape index (κ2) is 2.84. The molecule has 2 heterocycles. The van der Waals surface area contributed by atoms with Crippen LogP contribution in [0.3, 0.4) is 0 Å². The number of carboxylic acids is 1. The summed E-state index contributed by atoms with van der Waals surface area (Å²) >= 11 is 3.83. The Morgan fingerprint density at radius 1 is 1.57 bits per heavy atom. The first-order valence-electron chi connectivity index (χ1n) is 3.46. The summed E-state index contributed by atoms with van der Waals surface area (Å²) < 4.78 is 0.909. The predicted octanol–water partition coefficient (Wildman–Crippen LogP) is -0.183. The van der Waals surface area contributed by atoms with Crippen LogP contribution in [0.25, 0.3) is 5.78 Å². The molecule has 2 aromatic rings. The minimum absolute atomic E-state index is 0.0949. The molecule has 72 valence electrons. The molecule has 2 aromatic heterocycles. The minimum Gasteiger partial charge on any atom is -0.493 e. The fourth-order valence-electron chi connectivity index (χ4n) is 0.964. The van der Waals surface area contributed by atoms with Crippen molar-refractivity contribution in [1.29, 1.82) is 0 Å². The molecule has 2 N–H and O–H groups in total. The molecular formula is C6H4N4O3S. The summed E-state index contributed by atoms with van der Waals surface area (Å²) in [5.41, 5.74) is -0.337. The highest BCUT2D eigenvalue weighted by Crippen LogP contribution is 2.16. The fourth-order valence-corrected chi connectivity index (χ4v) is 1.14. The van der Waals surface area contributed by atoms with Crippen molar-refractivity contribution < 1.29 is 15.0 Å². The lowest BCUT2D eigenvalue weighted by Gasteiger charge is -1.98. The Morgan fingerprint density at radius 2 is 2.29 bits per heavy atom. The number of aromatic hydroxyl groups is 1. The average molecular weight is 212 g/mol. The van der Waals surface area contributed by atoms with Crippen molar-refractivity contribution in [2.24, 2.45) is 0 Å². The van der Waals surface area contributed by atoms with E-state index in [4.69, 9.17) is 5.11 Å². The number of fused-ring (bicyclic) bond motifs is 1. The van der Waals surface area contributed by atoms with Gasteiger partial charge >= 0.3 is 5.97 Å². The number of aromatic nitrogens is 4. The third-order valence-corrected chi connectivity index (χ3v) is 1.75. The maximum atomic E-state index is 10.6. The summed E-state index contributed by atoms with van der Waals surface area (Å²) in [6.45, 7) is 0. The van der Waals surface area contributed by atoms with E-state index in [1.165, 1.54) is 0 Å². The van der Waals surface area contributed by atoms with E-state index in [1.807, 2.05) is 0 Å². The molecule has 0 aliphatic carbocycles. The second-order valence-electron chi connectivity index (χ2n) is 2.42. The van der Waals surface area contributed by atoms with Crippen LogP contribution in [-0.2, 0) is 0 Å². The first-order valence-corrected chi connectivity index (χ1v) is 3.91. The van der Waals surface area contributed by atoms with Gasteiger partial charge in [-0.25, -0.2) is 9.78 Å². The molecule has 0 atom stereocenters. The number of rotatable bonds is 1. The Kier molecular flexibility index (Phi) is 1.78. The van der Waals surface area contributed by atoms with Crippen LogP contribution in [0, 0.1) is 0 Å². The molecule has 0 fully saturated rings. The molecular weight excluding hydrogens is 208 g/mol. The van der Waals surface area contributed by atoms with Crippen LogP contribution in [0.5, 0.6) is 5.88 Å². The topological polar surface area (TPSA) is 101 Å². The van der Waals surface area contributed by atoms with E-state index in [0.29, 0.717) is 0 Å². The number of nitrogens with zero attached hydrogens (tertiary/aromatic N) is 4. The van der Waals surface area contributed by atoms with E-state index < -0.39 is 11.8 Å². The lowest BCUT2D eigenvalue weighted by Crippen LogP contribution is -2.03. The SMILES string of the molecule is O=C(O)c1cnc2nc(S)nn2c1O. The van der Waals surface area contributed by atoms with Gasteiger partial charge in [-0.3, -0.25) is 0 Å². The lowest BCUT2D eigenvalue weighted by atomic mass is 10.3. The zero-order valence-corrected chi connectivity index (χ0v) is 7.51. The average Bonchev–Trinajstić information content (AvgIpc) is 2.46. The number of carbonyl (C=O) groups is 1. The Balaban J connectivity index is 2.80. The summed E-state index contributed by atoms with van der Waals surface area (Å²) in [6, 6.07) is 0. The quantitative estimate of drug-likeness (QED) is 0.567. The van der Waals surface area contributed by atoms with E-state index in [1.54, 1.807) is 0 Å². The number of hydrogen-bond donors (Lipinski definition) is 3. The number of thiol groups is 1. The molecule has 0 aliphatic rings. The van der Waals surface area contributed by atoms with Crippen LogP contribution in [0.15, 0.2) is 11.4 Å². The highest BCUT2D eigenvalue weighted by molar-refractivity contribution is 7.80. The van der Waals surface area contributed by atoms with Gasteiger partial charge in [-0.1, -0.05) is 0 Å². The van der Waals surface area contributed by atoms with Crippen LogP contribution in [0.4, 0.5) is 0 Å². The van der Waals surface area contributed by atoms with E-state index in [2.05, 4.69) is 27.7 Å². The first-order chi connectivity index (χ1) is 6.59. The van der Waals surface area contributed by atoms with Gasteiger partial charge in [-0.15, -0.1) is 17.7 Å². The lowest BCUT2D eigenvalue weighted by molar-refractivity contribution is 0.0692. The van der Waals surface area contributed by atoms with Gasteiger partial charge in [0.2, 0.25) is 11.0 Å². The Hall–Kier alpha value is -1.83. The van der Waals surface area contributed by atoms with Crippen molar-refractivity contribution in [3.63, 3.8) is 0 Å². The summed E-state index contributed by atoms with van der Waals surface area (Å²) in [5.74, 6) is -1.71. The van der Waals surface area contributed by atoms with E-state index in [9.17, 15) is 9.90 Å². The smallest absolute Gasteiger partial charge is 0.342 e. The molecule has 8 heteroatoms. The summed E-state index contributed by atoms with van der Waals surface area (Å²) in [4.78, 5) is 18.0. The summed E-state index contributed by atoms with van der Waals surface area (Å²) in [5, 5.41) is 21.8. The number of carboxylic acid groups (broad SMARTS) is 1. The van der Waals surface area contributed by atoms with Crippen LogP contribution in [0.1, 0.15) is 10.4 Å². The molecule has 0 aliphatic heterocycles. The van der Waals surface area contributed by atoms with E-state index in [0.717, 1.165) is 10.7 Å². The molecule has 0 saturated heterocycles. The standard InChI is InChI=1S/C6H4N4O3S/c11-3-2(4(12)13)1-7-5-8-6(14)9-10(3)5/h1,11H,(H,9,14)(H,12,13). The summed E-state index contributed by atoms with van der Waals surface area (Å²) in [6.07, 6.45) is 1.01. The molecule has 0 spiro atoms.